The lowest BCUT2D eigenvalue weighted by molar-refractivity contribution is -0.137. The van der Waals surface area contributed by atoms with Gasteiger partial charge in [0.15, 0.2) is 0 Å². The van der Waals surface area contributed by atoms with Crippen LogP contribution in [0.15, 0.2) is 0 Å². The standard InChI is InChI=1S/C16H30O2S2/c1-3-5-9-13(12-14(19)8-4-2)15(20)10-6-7-11-16(17)18/h13,15,20H,3-12H2,1-2H3,(H,17,18). The normalized spacial score (nSPS) is 13.9. The number of thiol groups is 1. The van der Waals surface area contributed by atoms with Crippen molar-refractivity contribution < 1.29 is 9.90 Å². The van der Waals surface area contributed by atoms with Gasteiger partial charge in [0, 0.05) is 11.7 Å². The first kappa shape index (κ1) is 19.9. The molecule has 2 atom stereocenters. The van der Waals surface area contributed by atoms with Gasteiger partial charge in [-0.15, -0.1) is 0 Å². The number of unbranched alkanes of at least 4 members (excludes halogenated alkanes) is 2. The summed E-state index contributed by atoms with van der Waals surface area (Å²) >= 11 is 10.2. The fraction of sp³-hybridized carbons (Fsp3) is 0.875. The van der Waals surface area contributed by atoms with Gasteiger partial charge in [0.2, 0.25) is 0 Å². The maximum absolute atomic E-state index is 10.5. The van der Waals surface area contributed by atoms with Gasteiger partial charge in [-0.05, 0) is 42.9 Å². The molecular formula is C16H30O2S2. The summed E-state index contributed by atoms with van der Waals surface area (Å²) in [5, 5.41) is 9.00. The highest BCUT2D eigenvalue weighted by Gasteiger charge is 2.19. The van der Waals surface area contributed by atoms with Gasteiger partial charge in [0.05, 0.1) is 0 Å². The Hall–Kier alpha value is -0.0900. The van der Waals surface area contributed by atoms with Crippen LogP contribution in [0.2, 0.25) is 0 Å². The lowest BCUT2D eigenvalue weighted by Crippen LogP contribution is -2.18. The van der Waals surface area contributed by atoms with Crippen molar-refractivity contribution in [3.8, 4) is 0 Å². The maximum Gasteiger partial charge on any atom is 0.303 e. The summed E-state index contributed by atoms with van der Waals surface area (Å²) in [6.45, 7) is 4.37. The van der Waals surface area contributed by atoms with Crippen molar-refractivity contribution in [1.29, 1.82) is 0 Å². The van der Waals surface area contributed by atoms with E-state index in [0.29, 0.717) is 11.2 Å². The molecule has 0 aromatic carbocycles. The largest absolute Gasteiger partial charge is 0.481 e. The lowest BCUT2D eigenvalue weighted by atomic mass is 9.89. The molecule has 0 radical (unpaired) electrons. The zero-order valence-corrected chi connectivity index (χ0v) is 14.6. The Balaban J connectivity index is 4.14. The Kier molecular flexibility index (Phi) is 12.6. The summed E-state index contributed by atoms with van der Waals surface area (Å²) in [6, 6.07) is 0. The third-order valence-corrected chi connectivity index (χ3v) is 4.68. The van der Waals surface area contributed by atoms with E-state index >= 15 is 0 Å². The number of carboxylic acids is 1. The third kappa shape index (κ3) is 10.7. The average molecular weight is 319 g/mol. The molecule has 2 unspecified atom stereocenters. The second-order valence-corrected chi connectivity index (χ2v) is 6.84. The van der Waals surface area contributed by atoms with Gasteiger partial charge in [-0.25, -0.2) is 0 Å². The van der Waals surface area contributed by atoms with Crippen molar-refractivity contribution in [3.05, 3.63) is 0 Å². The van der Waals surface area contributed by atoms with Crippen molar-refractivity contribution in [3.63, 3.8) is 0 Å². The molecule has 0 amide bonds. The summed E-state index contributed by atoms with van der Waals surface area (Å²) in [5.41, 5.74) is 0. The van der Waals surface area contributed by atoms with Crippen LogP contribution in [0.1, 0.15) is 78.1 Å². The summed E-state index contributed by atoms with van der Waals surface area (Å²) < 4.78 is 0. The van der Waals surface area contributed by atoms with Gasteiger partial charge in [0.1, 0.15) is 0 Å². The Bertz CT molecular complexity index is 280. The molecule has 4 heteroatoms. The number of hydrogen-bond acceptors (Lipinski definition) is 3. The monoisotopic (exact) mass is 318 g/mol. The number of carboxylic acid groups (broad SMARTS) is 1. The minimum atomic E-state index is -0.702. The van der Waals surface area contributed by atoms with Gasteiger partial charge in [-0.3, -0.25) is 4.79 Å². The number of aliphatic carboxylic acids is 1. The predicted molar refractivity (Wildman–Crippen MR) is 94.0 cm³/mol. The van der Waals surface area contributed by atoms with E-state index in [0.717, 1.165) is 38.5 Å². The van der Waals surface area contributed by atoms with Gasteiger partial charge < -0.3 is 5.11 Å². The zero-order valence-electron chi connectivity index (χ0n) is 12.9. The number of hydrogen-bond donors (Lipinski definition) is 2. The van der Waals surface area contributed by atoms with Crippen LogP contribution in [0.4, 0.5) is 0 Å². The minimum Gasteiger partial charge on any atom is -0.481 e. The molecule has 0 aliphatic rings. The quantitative estimate of drug-likeness (QED) is 0.275. The fourth-order valence-corrected chi connectivity index (χ4v) is 3.29. The molecule has 0 saturated heterocycles. The van der Waals surface area contributed by atoms with E-state index in [9.17, 15) is 4.79 Å². The SMILES string of the molecule is CCCCC(CC(=S)CCC)C(S)CCCCC(=O)O. The highest BCUT2D eigenvalue weighted by Crippen LogP contribution is 2.27. The lowest BCUT2D eigenvalue weighted by Gasteiger charge is -2.23. The highest BCUT2D eigenvalue weighted by atomic mass is 32.1. The predicted octanol–water partition coefficient (Wildman–Crippen LogP) is 5.30. The van der Waals surface area contributed by atoms with Crippen LogP contribution in [0, 0.1) is 5.92 Å². The van der Waals surface area contributed by atoms with E-state index < -0.39 is 5.97 Å². The second-order valence-electron chi connectivity index (χ2n) is 5.60. The van der Waals surface area contributed by atoms with Gasteiger partial charge in [0.25, 0.3) is 0 Å². The smallest absolute Gasteiger partial charge is 0.303 e. The number of rotatable bonds is 13. The number of thiocarbonyl (C=S) groups is 1. The van der Waals surface area contributed by atoms with Crippen LogP contribution in [-0.2, 0) is 4.79 Å². The Morgan fingerprint density at radius 2 is 1.80 bits per heavy atom. The molecule has 0 rings (SSSR count). The second kappa shape index (κ2) is 12.6. The molecule has 0 aromatic rings. The molecule has 0 spiro atoms. The summed E-state index contributed by atoms with van der Waals surface area (Å²) in [6.07, 6.45) is 9.77. The van der Waals surface area contributed by atoms with Crippen LogP contribution < -0.4 is 0 Å². The van der Waals surface area contributed by atoms with Gasteiger partial charge in [-0.1, -0.05) is 51.7 Å². The van der Waals surface area contributed by atoms with Gasteiger partial charge >= 0.3 is 5.97 Å². The van der Waals surface area contributed by atoms with Gasteiger partial charge in [-0.2, -0.15) is 12.6 Å². The molecule has 0 saturated carbocycles. The van der Waals surface area contributed by atoms with E-state index in [1.54, 1.807) is 0 Å². The molecule has 2 nitrogen and oxygen atoms in total. The van der Waals surface area contributed by atoms with E-state index in [-0.39, 0.29) is 6.42 Å². The summed E-state index contributed by atoms with van der Waals surface area (Å²) in [5.74, 6) is -0.144. The molecule has 0 heterocycles. The molecule has 0 fully saturated rings. The van der Waals surface area contributed by atoms with Crippen molar-refractivity contribution >= 4 is 35.7 Å². The Labute approximate surface area is 135 Å². The van der Waals surface area contributed by atoms with Crippen LogP contribution in [0.25, 0.3) is 0 Å². The first-order valence-corrected chi connectivity index (χ1v) is 8.85. The summed E-state index contributed by atoms with van der Waals surface area (Å²) in [7, 11) is 0. The van der Waals surface area contributed by atoms with E-state index in [1.165, 1.54) is 24.1 Å². The number of carbonyl (C=O) groups is 1. The molecule has 0 aromatic heterocycles. The molecule has 20 heavy (non-hydrogen) atoms. The van der Waals surface area contributed by atoms with E-state index in [4.69, 9.17) is 30.0 Å². The maximum atomic E-state index is 10.5. The Morgan fingerprint density at radius 3 is 2.35 bits per heavy atom. The highest BCUT2D eigenvalue weighted by molar-refractivity contribution is 7.81. The van der Waals surface area contributed by atoms with Crippen molar-refractivity contribution in [1.82, 2.24) is 0 Å². The topological polar surface area (TPSA) is 37.3 Å². The van der Waals surface area contributed by atoms with Crippen LogP contribution in [-0.4, -0.2) is 21.2 Å². The van der Waals surface area contributed by atoms with Crippen LogP contribution in [0.3, 0.4) is 0 Å². The molecule has 1 N–H and O–H groups in total. The Morgan fingerprint density at radius 1 is 1.10 bits per heavy atom. The van der Waals surface area contributed by atoms with Crippen LogP contribution in [0.5, 0.6) is 0 Å². The molecule has 0 aliphatic heterocycles. The summed E-state index contributed by atoms with van der Waals surface area (Å²) in [4.78, 5) is 11.7. The zero-order chi connectivity index (χ0) is 15.4. The first-order valence-electron chi connectivity index (χ1n) is 7.92. The fourth-order valence-electron chi connectivity index (χ4n) is 2.44. The molecule has 0 aliphatic carbocycles. The molecular weight excluding hydrogens is 288 g/mol. The first-order chi connectivity index (χ1) is 9.51. The molecule has 0 bridgehead atoms. The third-order valence-electron chi connectivity index (χ3n) is 3.63. The van der Waals surface area contributed by atoms with E-state index in [2.05, 4.69) is 13.8 Å². The minimum absolute atomic E-state index is 0.272. The van der Waals surface area contributed by atoms with Crippen molar-refractivity contribution in [2.24, 2.45) is 5.92 Å². The molecule has 118 valence electrons. The van der Waals surface area contributed by atoms with Crippen LogP contribution >= 0.6 is 24.8 Å². The van der Waals surface area contributed by atoms with Crippen molar-refractivity contribution in [2.75, 3.05) is 0 Å². The van der Waals surface area contributed by atoms with Crippen molar-refractivity contribution in [2.45, 2.75) is 83.3 Å². The average Bonchev–Trinajstić information content (AvgIpc) is 2.39. The van der Waals surface area contributed by atoms with E-state index in [1.807, 2.05) is 0 Å².